The summed E-state index contributed by atoms with van der Waals surface area (Å²) >= 11 is 0. The number of nitrogens with zero attached hydrogens (tertiary/aromatic N) is 4. The van der Waals surface area contributed by atoms with E-state index < -0.39 is 0 Å². The summed E-state index contributed by atoms with van der Waals surface area (Å²) in [5, 5.41) is 15.7. The van der Waals surface area contributed by atoms with Crippen molar-refractivity contribution in [3.8, 4) is 5.75 Å². The monoisotopic (exact) mass is 440 g/mol. The predicted octanol–water partition coefficient (Wildman–Crippen LogP) is 3.11. The molecule has 8 nitrogen and oxygen atoms in total. The van der Waals surface area contributed by atoms with E-state index in [1.54, 1.807) is 7.11 Å². The van der Waals surface area contributed by atoms with Crippen molar-refractivity contribution in [2.75, 3.05) is 13.7 Å². The Bertz CT molecular complexity index is 917. The van der Waals surface area contributed by atoms with Crippen molar-refractivity contribution in [3.05, 3.63) is 41.5 Å². The molecule has 1 spiro atoms. The zero-order chi connectivity index (χ0) is 22.6. The third-order valence-electron chi connectivity index (χ3n) is 7.17. The SMILES string of the molecule is CCOC1CC(NC(=NCc2ccc(OC)cc2)NCc2nnc(C)n2C)C12CCCC2. The molecule has 0 bridgehead atoms. The van der Waals surface area contributed by atoms with Crippen molar-refractivity contribution < 1.29 is 9.47 Å². The van der Waals surface area contributed by atoms with Crippen molar-refractivity contribution in [2.45, 2.75) is 71.2 Å². The van der Waals surface area contributed by atoms with Crippen molar-refractivity contribution >= 4 is 5.96 Å². The zero-order valence-corrected chi connectivity index (χ0v) is 19.7. The second-order valence-electron chi connectivity index (χ2n) is 8.91. The molecular weight excluding hydrogens is 404 g/mol. The first-order chi connectivity index (χ1) is 15.6. The Morgan fingerprint density at radius 1 is 1.22 bits per heavy atom. The Morgan fingerprint density at radius 2 is 1.97 bits per heavy atom. The van der Waals surface area contributed by atoms with E-state index in [1.807, 2.05) is 30.7 Å². The van der Waals surface area contributed by atoms with E-state index in [2.05, 4.69) is 39.9 Å². The van der Waals surface area contributed by atoms with Crippen LogP contribution in [0.3, 0.4) is 0 Å². The van der Waals surface area contributed by atoms with Crippen LogP contribution in [-0.4, -0.2) is 46.6 Å². The second kappa shape index (κ2) is 9.90. The quantitative estimate of drug-likeness (QED) is 0.485. The molecule has 1 aromatic heterocycles. The molecule has 2 aliphatic carbocycles. The summed E-state index contributed by atoms with van der Waals surface area (Å²) in [5.41, 5.74) is 1.37. The number of hydrogen-bond donors (Lipinski definition) is 2. The lowest BCUT2D eigenvalue weighted by Crippen LogP contribution is -2.65. The molecule has 2 fully saturated rings. The smallest absolute Gasteiger partial charge is 0.192 e. The van der Waals surface area contributed by atoms with Gasteiger partial charge in [0, 0.05) is 25.1 Å². The van der Waals surface area contributed by atoms with Gasteiger partial charge in [0.05, 0.1) is 26.3 Å². The fourth-order valence-corrected chi connectivity index (χ4v) is 5.08. The highest BCUT2D eigenvalue weighted by molar-refractivity contribution is 5.80. The summed E-state index contributed by atoms with van der Waals surface area (Å²) in [6.45, 7) is 5.99. The largest absolute Gasteiger partial charge is 0.497 e. The highest BCUT2D eigenvalue weighted by Gasteiger charge is 2.57. The van der Waals surface area contributed by atoms with E-state index in [1.165, 1.54) is 25.7 Å². The van der Waals surface area contributed by atoms with Gasteiger partial charge in [0.15, 0.2) is 11.8 Å². The van der Waals surface area contributed by atoms with E-state index in [-0.39, 0.29) is 5.41 Å². The zero-order valence-electron chi connectivity index (χ0n) is 19.7. The number of rotatable bonds is 8. The van der Waals surface area contributed by atoms with E-state index in [4.69, 9.17) is 14.5 Å². The summed E-state index contributed by atoms with van der Waals surface area (Å²) in [4.78, 5) is 4.90. The van der Waals surface area contributed by atoms with Crippen LogP contribution >= 0.6 is 0 Å². The van der Waals surface area contributed by atoms with Crippen LogP contribution in [0.2, 0.25) is 0 Å². The van der Waals surface area contributed by atoms with Crippen molar-refractivity contribution in [1.29, 1.82) is 0 Å². The summed E-state index contributed by atoms with van der Waals surface area (Å²) in [7, 11) is 3.67. The van der Waals surface area contributed by atoms with Gasteiger partial charge in [-0.1, -0.05) is 25.0 Å². The lowest BCUT2D eigenvalue weighted by atomic mass is 9.60. The predicted molar refractivity (Wildman–Crippen MR) is 125 cm³/mol. The van der Waals surface area contributed by atoms with E-state index in [9.17, 15) is 0 Å². The minimum atomic E-state index is 0.236. The van der Waals surface area contributed by atoms with Crippen LogP contribution < -0.4 is 15.4 Å². The molecule has 0 radical (unpaired) electrons. The maximum absolute atomic E-state index is 6.09. The number of aryl methyl sites for hydroxylation is 1. The first-order valence-corrected chi connectivity index (χ1v) is 11.7. The Hall–Kier alpha value is -2.61. The number of hydrogen-bond acceptors (Lipinski definition) is 5. The third-order valence-corrected chi connectivity index (χ3v) is 7.17. The van der Waals surface area contributed by atoms with Crippen molar-refractivity contribution in [2.24, 2.45) is 17.5 Å². The first kappa shape index (κ1) is 22.6. The molecule has 2 unspecified atom stereocenters. The Morgan fingerprint density at radius 3 is 2.59 bits per heavy atom. The fourth-order valence-electron chi connectivity index (χ4n) is 5.08. The van der Waals surface area contributed by atoms with E-state index in [0.29, 0.717) is 25.2 Å². The number of aliphatic imine (C=N–C) groups is 1. The van der Waals surface area contributed by atoms with Crippen molar-refractivity contribution in [3.63, 3.8) is 0 Å². The number of guanidine groups is 1. The number of methoxy groups -OCH3 is 1. The molecule has 1 aromatic carbocycles. The van der Waals surface area contributed by atoms with Gasteiger partial charge in [-0.05, 0) is 50.8 Å². The molecule has 0 amide bonds. The summed E-state index contributed by atoms with van der Waals surface area (Å²) in [6, 6.07) is 8.43. The summed E-state index contributed by atoms with van der Waals surface area (Å²) in [6.07, 6.45) is 6.40. The molecule has 174 valence electrons. The van der Waals surface area contributed by atoms with Crippen LogP contribution in [0.4, 0.5) is 0 Å². The molecule has 1 heterocycles. The van der Waals surface area contributed by atoms with Gasteiger partial charge in [-0.15, -0.1) is 10.2 Å². The van der Waals surface area contributed by atoms with Crippen LogP contribution in [0.15, 0.2) is 29.3 Å². The van der Waals surface area contributed by atoms with Crippen LogP contribution in [0.25, 0.3) is 0 Å². The van der Waals surface area contributed by atoms with Crippen molar-refractivity contribution in [1.82, 2.24) is 25.4 Å². The number of ether oxygens (including phenoxy) is 2. The maximum atomic E-state index is 6.09. The summed E-state index contributed by atoms with van der Waals surface area (Å²) in [5.74, 6) is 3.45. The summed E-state index contributed by atoms with van der Waals surface area (Å²) < 4.78 is 13.4. The van der Waals surface area contributed by atoms with Gasteiger partial charge in [-0.2, -0.15) is 0 Å². The van der Waals surface area contributed by atoms with Gasteiger partial charge in [0.25, 0.3) is 0 Å². The standard InChI is InChI=1S/C24H36N6O2/c1-5-32-21-14-20(24(21)12-6-7-13-24)27-23(26-16-22-29-28-17(2)30(22)3)25-15-18-8-10-19(31-4)11-9-18/h8-11,20-21H,5-7,12-16H2,1-4H3,(H2,25,26,27). The van der Waals surface area contributed by atoms with Crippen LogP contribution in [0.1, 0.15) is 56.2 Å². The highest BCUT2D eigenvalue weighted by Crippen LogP contribution is 2.54. The van der Waals surface area contributed by atoms with Gasteiger partial charge < -0.3 is 24.7 Å². The lowest BCUT2D eigenvalue weighted by Gasteiger charge is -2.54. The van der Waals surface area contributed by atoms with Gasteiger partial charge in [-0.25, -0.2) is 4.99 Å². The third kappa shape index (κ3) is 4.60. The Balaban J connectivity index is 1.48. The van der Waals surface area contributed by atoms with E-state index >= 15 is 0 Å². The van der Waals surface area contributed by atoms with E-state index in [0.717, 1.165) is 41.9 Å². The first-order valence-electron chi connectivity index (χ1n) is 11.7. The molecule has 2 aromatic rings. The fraction of sp³-hybridized carbons (Fsp3) is 0.625. The average molecular weight is 441 g/mol. The van der Waals surface area contributed by atoms with Gasteiger partial charge in [-0.3, -0.25) is 0 Å². The number of nitrogens with one attached hydrogen (secondary N) is 2. The Labute approximate surface area is 190 Å². The normalized spacial score (nSPS) is 22.1. The molecule has 2 aliphatic rings. The minimum Gasteiger partial charge on any atom is -0.497 e. The molecule has 32 heavy (non-hydrogen) atoms. The van der Waals surface area contributed by atoms with Crippen LogP contribution in [0.5, 0.6) is 5.75 Å². The van der Waals surface area contributed by atoms with Gasteiger partial charge in [0.1, 0.15) is 11.6 Å². The number of aromatic nitrogens is 3. The Kier molecular flexibility index (Phi) is 6.98. The molecule has 4 rings (SSSR count). The highest BCUT2D eigenvalue weighted by atomic mass is 16.5. The molecule has 2 atom stereocenters. The lowest BCUT2D eigenvalue weighted by molar-refractivity contribution is -0.125. The second-order valence-corrected chi connectivity index (χ2v) is 8.91. The molecule has 2 saturated carbocycles. The molecular formula is C24H36N6O2. The minimum absolute atomic E-state index is 0.236. The number of benzene rings is 1. The molecule has 0 saturated heterocycles. The topological polar surface area (TPSA) is 85.6 Å². The van der Waals surface area contributed by atoms with Crippen LogP contribution in [-0.2, 0) is 24.9 Å². The molecule has 2 N–H and O–H groups in total. The average Bonchev–Trinajstić information content (AvgIpc) is 3.45. The molecule has 8 heteroatoms. The van der Waals surface area contributed by atoms with Gasteiger partial charge >= 0.3 is 0 Å². The maximum Gasteiger partial charge on any atom is 0.192 e. The molecule has 0 aliphatic heterocycles. The van der Waals surface area contributed by atoms with Gasteiger partial charge in [0.2, 0.25) is 0 Å². The van der Waals surface area contributed by atoms with Crippen LogP contribution in [0, 0.1) is 12.3 Å².